The Morgan fingerprint density at radius 1 is 1.50 bits per heavy atom. The summed E-state index contributed by atoms with van der Waals surface area (Å²) in [5.41, 5.74) is -1.34. The maximum atomic E-state index is 11.7. The summed E-state index contributed by atoms with van der Waals surface area (Å²) in [6.07, 6.45) is 1.38. The molecule has 0 aliphatic heterocycles. The van der Waals surface area contributed by atoms with Crippen molar-refractivity contribution in [2.45, 2.75) is 44.6 Å². The summed E-state index contributed by atoms with van der Waals surface area (Å²) in [5.74, 6) is 0.471. The minimum absolute atomic E-state index is 0.313. The van der Waals surface area contributed by atoms with Crippen LogP contribution < -0.4 is 0 Å². The van der Waals surface area contributed by atoms with Crippen LogP contribution in [0.3, 0.4) is 0 Å². The standard InChI is InChI=1S/C12H18N2O4/c1-5-17-11(2,3)8-13-9(18-14-8)12(6-7-12)10(15)16-4/h5-7H2,1-4H3. The lowest BCUT2D eigenvalue weighted by Crippen LogP contribution is -2.25. The number of hydrogen-bond acceptors (Lipinski definition) is 6. The van der Waals surface area contributed by atoms with Crippen LogP contribution in [0.2, 0.25) is 0 Å². The Morgan fingerprint density at radius 3 is 2.67 bits per heavy atom. The molecule has 6 heteroatoms. The molecule has 0 N–H and O–H groups in total. The summed E-state index contributed by atoms with van der Waals surface area (Å²) >= 11 is 0. The highest BCUT2D eigenvalue weighted by Gasteiger charge is 2.57. The van der Waals surface area contributed by atoms with Crippen LogP contribution in [0.4, 0.5) is 0 Å². The van der Waals surface area contributed by atoms with Gasteiger partial charge in [0.2, 0.25) is 11.7 Å². The maximum absolute atomic E-state index is 11.7. The van der Waals surface area contributed by atoms with Crippen LogP contribution in [-0.4, -0.2) is 29.8 Å². The molecule has 6 nitrogen and oxygen atoms in total. The van der Waals surface area contributed by atoms with Crippen molar-refractivity contribution in [1.29, 1.82) is 0 Å². The van der Waals surface area contributed by atoms with Gasteiger partial charge in [0.25, 0.3) is 0 Å². The van der Waals surface area contributed by atoms with Crippen molar-refractivity contribution in [3.8, 4) is 0 Å². The van der Waals surface area contributed by atoms with E-state index >= 15 is 0 Å². The highest BCUT2D eigenvalue weighted by atomic mass is 16.5. The second-order valence-electron chi connectivity index (χ2n) is 4.94. The van der Waals surface area contributed by atoms with E-state index in [4.69, 9.17) is 14.0 Å². The Morgan fingerprint density at radius 2 is 2.17 bits per heavy atom. The highest BCUT2D eigenvalue weighted by Crippen LogP contribution is 2.48. The third-order valence-corrected chi connectivity index (χ3v) is 3.21. The van der Waals surface area contributed by atoms with Crippen molar-refractivity contribution >= 4 is 5.97 Å². The Balaban J connectivity index is 2.24. The zero-order chi connectivity index (χ0) is 13.4. The molecular formula is C12H18N2O4. The van der Waals surface area contributed by atoms with Crippen LogP contribution in [0, 0.1) is 0 Å². The van der Waals surface area contributed by atoms with E-state index in [1.54, 1.807) is 0 Å². The lowest BCUT2D eigenvalue weighted by Gasteiger charge is -2.19. The number of hydrogen-bond donors (Lipinski definition) is 0. The number of methoxy groups -OCH3 is 1. The molecule has 0 saturated heterocycles. The van der Waals surface area contributed by atoms with Crippen LogP contribution in [0.15, 0.2) is 4.52 Å². The van der Waals surface area contributed by atoms with Gasteiger partial charge >= 0.3 is 5.97 Å². The minimum atomic E-state index is -0.720. The molecule has 0 bridgehead atoms. The molecule has 0 amide bonds. The van der Waals surface area contributed by atoms with Crippen LogP contribution in [-0.2, 0) is 25.3 Å². The van der Waals surface area contributed by atoms with Crippen LogP contribution in [0.25, 0.3) is 0 Å². The molecule has 1 heterocycles. The second-order valence-corrected chi connectivity index (χ2v) is 4.94. The van der Waals surface area contributed by atoms with Gasteiger partial charge < -0.3 is 14.0 Å². The van der Waals surface area contributed by atoms with E-state index < -0.39 is 11.0 Å². The van der Waals surface area contributed by atoms with Crippen molar-refractivity contribution in [1.82, 2.24) is 10.1 Å². The van der Waals surface area contributed by atoms with Gasteiger partial charge in [0, 0.05) is 6.61 Å². The van der Waals surface area contributed by atoms with Gasteiger partial charge in [0.05, 0.1) is 7.11 Å². The van der Waals surface area contributed by atoms with Crippen LogP contribution >= 0.6 is 0 Å². The van der Waals surface area contributed by atoms with Gasteiger partial charge in [-0.05, 0) is 33.6 Å². The average Bonchev–Trinajstić information content (AvgIpc) is 2.97. The third kappa shape index (κ3) is 2.01. The van der Waals surface area contributed by atoms with Gasteiger partial charge in [0.1, 0.15) is 11.0 Å². The molecule has 0 aromatic carbocycles. The zero-order valence-corrected chi connectivity index (χ0v) is 11.1. The normalized spacial score (nSPS) is 17.6. The van der Waals surface area contributed by atoms with Gasteiger partial charge in [-0.25, -0.2) is 0 Å². The topological polar surface area (TPSA) is 74.5 Å². The van der Waals surface area contributed by atoms with Crippen LogP contribution in [0.1, 0.15) is 45.3 Å². The minimum Gasteiger partial charge on any atom is -0.468 e. The SMILES string of the molecule is CCOC(C)(C)c1noc(C2(C(=O)OC)CC2)n1. The van der Waals surface area contributed by atoms with E-state index in [-0.39, 0.29) is 5.97 Å². The summed E-state index contributed by atoms with van der Waals surface area (Å²) in [6, 6.07) is 0. The quantitative estimate of drug-likeness (QED) is 0.742. The molecule has 0 spiro atoms. The summed E-state index contributed by atoms with van der Waals surface area (Å²) in [6.45, 7) is 6.18. The largest absolute Gasteiger partial charge is 0.468 e. The summed E-state index contributed by atoms with van der Waals surface area (Å²) in [7, 11) is 1.36. The van der Waals surface area contributed by atoms with Gasteiger partial charge in [0.15, 0.2) is 0 Å². The van der Waals surface area contributed by atoms with Crippen molar-refractivity contribution in [3.63, 3.8) is 0 Å². The number of aromatic nitrogens is 2. The summed E-state index contributed by atoms with van der Waals surface area (Å²) < 4.78 is 15.5. The fourth-order valence-corrected chi connectivity index (χ4v) is 1.91. The number of nitrogens with zero attached hydrogens (tertiary/aromatic N) is 2. The summed E-state index contributed by atoms with van der Waals surface area (Å²) in [4.78, 5) is 16.0. The lowest BCUT2D eigenvalue weighted by atomic mass is 10.1. The third-order valence-electron chi connectivity index (χ3n) is 3.21. The molecule has 0 unspecified atom stereocenters. The first kappa shape index (κ1) is 13.0. The Kier molecular flexibility index (Phi) is 3.14. The molecule has 0 radical (unpaired) electrons. The fourth-order valence-electron chi connectivity index (χ4n) is 1.91. The second kappa shape index (κ2) is 4.35. The first-order chi connectivity index (χ1) is 8.46. The molecular weight excluding hydrogens is 236 g/mol. The predicted octanol–water partition coefficient (Wildman–Crippen LogP) is 1.55. The molecule has 1 aromatic heterocycles. The number of carbonyl (C=O) groups is 1. The smallest absolute Gasteiger partial charge is 0.321 e. The van der Waals surface area contributed by atoms with Crippen molar-refractivity contribution < 1.29 is 18.8 Å². The number of rotatable bonds is 5. The molecule has 1 aromatic rings. The fraction of sp³-hybridized carbons (Fsp3) is 0.750. The zero-order valence-electron chi connectivity index (χ0n) is 11.1. The van der Waals surface area contributed by atoms with Crippen molar-refractivity contribution in [2.24, 2.45) is 0 Å². The highest BCUT2D eigenvalue weighted by molar-refractivity contribution is 5.85. The van der Waals surface area contributed by atoms with Gasteiger partial charge in [-0.1, -0.05) is 5.16 Å². The maximum Gasteiger partial charge on any atom is 0.321 e. The molecule has 1 aliphatic carbocycles. The monoisotopic (exact) mass is 254 g/mol. The van der Waals surface area contributed by atoms with Crippen LogP contribution in [0.5, 0.6) is 0 Å². The molecule has 100 valence electrons. The predicted molar refractivity (Wildman–Crippen MR) is 61.9 cm³/mol. The van der Waals surface area contributed by atoms with Crippen molar-refractivity contribution in [2.75, 3.05) is 13.7 Å². The summed E-state index contributed by atoms with van der Waals surface area (Å²) in [5, 5.41) is 3.91. The molecule has 18 heavy (non-hydrogen) atoms. The van der Waals surface area contributed by atoms with Crippen molar-refractivity contribution in [3.05, 3.63) is 11.7 Å². The molecule has 1 fully saturated rings. The number of ether oxygens (including phenoxy) is 2. The molecule has 0 atom stereocenters. The van der Waals surface area contributed by atoms with E-state index in [0.717, 1.165) is 0 Å². The Bertz CT molecular complexity index is 449. The molecule has 1 saturated carbocycles. The van der Waals surface area contributed by atoms with E-state index in [0.29, 0.717) is 31.2 Å². The Hall–Kier alpha value is -1.43. The Labute approximate surface area is 106 Å². The van der Waals surface area contributed by atoms with E-state index in [1.807, 2.05) is 20.8 Å². The first-order valence-corrected chi connectivity index (χ1v) is 6.03. The number of carbonyl (C=O) groups excluding carboxylic acids is 1. The molecule has 2 rings (SSSR count). The van der Waals surface area contributed by atoms with E-state index in [9.17, 15) is 4.79 Å². The van der Waals surface area contributed by atoms with Gasteiger partial charge in [-0.2, -0.15) is 4.98 Å². The van der Waals surface area contributed by atoms with Gasteiger partial charge in [-0.15, -0.1) is 0 Å². The van der Waals surface area contributed by atoms with E-state index in [2.05, 4.69) is 10.1 Å². The van der Waals surface area contributed by atoms with Gasteiger partial charge in [-0.3, -0.25) is 4.79 Å². The number of esters is 1. The first-order valence-electron chi connectivity index (χ1n) is 6.03. The average molecular weight is 254 g/mol. The molecule has 1 aliphatic rings. The lowest BCUT2D eigenvalue weighted by molar-refractivity contribution is -0.144. The van der Waals surface area contributed by atoms with E-state index in [1.165, 1.54) is 7.11 Å².